The monoisotopic (exact) mass is 254 g/mol. The van der Waals surface area contributed by atoms with Gasteiger partial charge in [-0.3, -0.25) is 4.90 Å². The van der Waals surface area contributed by atoms with Crippen molar-refractivity contribution in [2.75, 3.05) is 25.4 Å². The number of hydrogen-bond donors (Lipinski definition) is 2. The Morgan fingerprint density at radius 2 is 2.41 bits per heavy atom. The number of nitrogens with two attached hydrogens (primary N) is 1. The van der Waals surface area contributed by atoms with Gasteiger partial charge in [0.05, 0.1) is 0 Å². The lowest BCUT2D eigenvalue weighted by Crippen LogP contribution is -2.35. The summed E-state index contributed by atoms with van der Waals surface area (Å²) in [5.74, 6) is 0. The molecule has 4 nitrogen and oxygen atoms in total. The fourth-order valence-electron chi connectivity index (χ4n) is 2.46. The highest BCUT2D eigenvalue weighted by Gasteiger charge is 2.19. The first-order valence-corrected chi connectivity index (χ1v) is 7.26. The van der Waals surface area contributed by atoms with E-state index in [0.29, 0.717) is 11.2 Å². The highest BCUT2D eigenvalue weighted by Crippen LogP contribution is 2.20. The van der Waals surface area contributed by atoms with Gasteiger partial charge in [0.15, 0.2) is 5.13 Å². The fourth-order valence-corrected chi connectivity index (χ4v) is 3.17. The van der Waals surface area contributed by atoms with Gasteiger partial charge in [-0.1, -0.05) is 6.92 Å². The predicted octanol–water partition coefficient (Wildman–Crippen LogP) is 1.69. The largest absolute Gasteiger partial charge is 0.375 e. The topological polar surface area (TPSA) is 54.2 Å². The molecule has 0 aliphatic carbocycles. The van der Waals surface area contributed by atoms with E-state index in [9.17, 15) is 0 Å². The third-order valence-electron chi connectivity index (χ3n) is 3.40. The maximum atomic E-state index is 5.68. The van der Waals surface area contributed by atoms with Gasteiger partial charge in [0.1, 0.15) is 0 Å². The number of anilines is 1. The zero-order valence-corrected chi connectivity index (χ0v) is 11.3. The number of aromatic nitrogens is 1. The molecule has 5 heteroatoms. The van der Waals surface area contributed by atoms with Crippen LogP contribution in [0.15, 0.2) is 6.20 Å². The Balaban J connectivity index is 1.95. The van der Waals surface area contributed by atoms with E-state index in [0.717, 1.165) is 19.6 Å². The predicted molar refractivity (Wildman–Crippen MR) is 73.1 cm³/mol. The number of nitrogen functional groups attached to an aromatic ring is 1. The normalized spacial score (nSPS) is 21.6. The molecule has 1 atom stereocenters. The van der Waals surface area contributed by atoms with Gasteiger partial charge >= 0.3 is 0 Å². The third kappa shape index (κ3) is 3.66. The van der Waals surface area contributed by atoms with Crippen molar-refractivity contribution in [3.05, 3.63) is 11.1 Å². The number of rotatable bonds is 4. The van der Waals surface area contributed by atoms with Crippen LogP contribution in [0.2, 0.25) is 0 Å². The number of nitrogens with one attached hydrogen (secondary N) is 1. The van der Waals surface area contributed by atoms with E-state index in [1.807, 2.05) is 6.20 Å². The average Bonchev–Trinajstić information content (AvgIpc) is 2.58. The molecule has 1 aromatic heterocycles. The quantitative estimate of drug-likeness (QED) is 0.858. The van der Waals surface area contributed by atoms with E-state index in [-0.39, 0.29) is 0 Å². The summed E-state index contributed by atoms with van der Waals surface area (Å²) in [6.45, 7) is 6.65. The number of nitrogens with zero attached hydrogens (tertiary/aromatic N) is 2. The van der Waals surface area contributed by atoms with Crippen LogP contribution in [0.25, 0.3) is 0 Å². The molecule has 1 aliphatic rings. The van der Waals surface area contributed by atoms with Crippen LogP contribution in [0.5, 0.6) is 0 Å². The van der Waals surface area contributed by atoms with E-state index < -0.39 is 0 Å². The van der Waals surface area contributed by atoms with Crippen LogP contribution in [0, 0.1) is 0 Å². The summed E-state index contributed by atoms with van der Waals surface area (Å²) in [6.07, 6.45) is 5.75. The Morgan fingerprint density at radius 3 is 3.12 bits per heavy atom. The van der Waals surface area contributed by atoms with Crippen LogP contribution in [-0.4, -0.2) is 35.6 Å². The molecule has 1 aromatic rings. The van der Waals surface area contributed by atoms with E-state index in [1.165, 1.54) is 30.7 Å². The summed E-state index contributed by atoms with van der Waals surface area (Å²) in [6, 6.07) is 0.707. The molecule has 17 heavy (non-hydrogen) atoms. The van der Waals surface area contributed by atoms with Crippen molar-refractivity contribution in [1.29, 1.82) is 0 Å². The molecule has 96 valence electrons. The lowest BCUT2D eigenvalue weighted by molar-refractivity contribution is 0.184. The second-order valence-corrected chi connectivity index (χ2v) is 5.71. The molecule has 0 bridgehead atoms. The van der Waals surface area contributed by atoms with Crippen LogP contribution in [0.4, 0.5) is 5.13 Å². The molecular formula is C12H22N4S. The van der Waals surface area contributed by atoms with Gasteiger partial charge < -0.3 is 11.1 Å². The molecule has 3 N–H and O–H groups in total. The Hall–Kier alpha value is -0.650. The Labute approximate surface area is 107 Å². The zero-order chi connectivity index (χ0) is 12.1. The molecule has 2 rings (SSSR count). The van der Waals surface area contributed by atoms with Gasteiger partial charge in [0.25, 0.3) is 0 Å². The van der Waals surface area contributed by atoms with Gasteiger partial charge in [-0.15, -0.1) is 11.3 Å². The highest BCUT2D eigenvalue weighted by atomic mass is 32.1. The zero-order valence-electron chi connectivity index (χ0n) is 10.5. The first kappa shape index (κ1) is 12.8. The maximum Gasteiger partial charge on any atom is 0.180 e. The van der Waals surface area contributed by atoms with Crippen LogP contribution in [0.3, 0.4) is 0 Å². The van der Waals surface area contributed by atoms with Crippen molar-refractivity contribution in [3.63, 3.8) is 0 Å². The van der Waals surface area contributed by atoms with Crippen molar-refractivity contribution < 1.29 is 0 Å². The first-order chi connectivity index (χ1) is 8.29. The minimum atomic E-state index is 0.679. The van der Waals surface area contributed by atoms with Crippen LogP contribution in [-0.2, 0) is 6.54 Å². The molecule has 0 aromatic carbocycles. The van der Waals surface area contributed by atoms with E-state index in [1.54, 1.807) is 11.3 Å². The minimum Gasteiger partial charge on any atom is -0.375 e. The summed E-state index contributed by atoms with van der Waals surface area (Å²) in [5.41, 5.74) is 5.68. The van der Waals surface area contributed by atoms with Crippen molar-refractivity contribution in [2.45, 2.75) is 38.8 Å². The lowest BCUT2D eigenvalue weighted by Gasteiger charge is -2.29. The van der Waals surface area contributed by atoms with Gasteiger partial charge in [-0.2, -0.15) is 0 Å². The molecule has 1 fully saturated rings. The molecule has 1 aliphatic heterocycles. The second kappa shape index (κ2) is 6.33. The van der Waals surface area contributed by atoms with Crippen LogP contribution < -0.4 is 11.1 Å². The smallest absolute Gasteiger partial charge is 0.180 e. The van der Waals surface area contributed by atoms with E-state index >= 15 is 0 Å². The Bertz CT molecular complexity index is 331. The summed E-state index contributed by atoms with van der Waals surface area (Å²) < 4.78 is 0. The van der Waals surface area contributed by atoms with Crippen molar-refractivity contribution in [1.82, 2.24) is 15.2 Å². The third-order valence-corrected chi connectivity index (χ3v) is 4.21. The molecular weight excluding hydrogens is 232 g/mol. The summed E-state index contributed by atoms with van der Waals surface area (Å²) >= 11 is 1.61. The summed E-state index contributed by atoms with van der Waals surface area (Å²) in [4.78, 5) is 7.96. The number of hydrogen-bond acceptors (Lipinski definition) is 5. The molecule has 0 amide bonds. The van der Waals surface area contributed by atoms with Crippen molar-refractivity contribution >= 4 is 16.5 Å². The molecule has 1 saturated heterocycles. The Kier molecular flexibility index (Phi) is 4.76. The summed E-state index contributed by atoms with van der Waals surface area (Å²) in [5, 5.41) is 4.15. The summed E-state index contributed by atoms with van der Waals surface area (Å²) in [7, 11) is 0. The molecule has 0 spiro atoms. The van der Waals surface area contributed by atoms with E-state index in [4.69, 9.17) is 5.73 Å². The van der Waals surface area contributed by atoms with Gasteiger partial charge in [-0.05, 0) is 38.9 Å². The van der Waals surface area contributed by atoms with Gasteiger partial charge in [0.2, 0.25) is 0 Å². The average molecular weight is 254 g/mol. The van der Waals surface area contributed by atoms with E-state index in [2.05, 4.69) is 22.1 Å². The number of thiazole rings is 1. The second-order valence-electron chi connectivity index (χ2n) is 4.56. The highest BCUT2D eigenvalue weighted by molar-refractivity contribution is 7.15. The van der Waals surface area contributed by atoms with Crippen LogP contribution >= 0.6 is 11.3 Å². The maximum absolute atomic E-state index is 5.68. The molecule has 1 unspecified atom stereocenters. The molecule has 0 saturated carbocycles. The molecule has 2 heterocycles. The van der Waals surface area contributed by atoms with Gasteiger partial charge in [-0.25, -0.2) is 4.98 Å². The SMILES string of the molecule is CCN(Cc1cnc(N)s1)C1CCCNCC1. The lowest BCUT2D eigenvalue weighted by atomic mass is 10.1. The first-order valence-electron chi connectivity index (χ1n) is 6.44. The van der Waals surface area contributed by atoms with Crippen molar-refractivity contribution in [3.8, 4) is 0 Å². The molecule has 0 radical (unpaired) electrons. The standard InChI is InChI=1S/C12H22N4S/c1-2-16(9-11-8-15-12(13)17-11)10-4-3-6-14-7-5-10/h8,10,14H,2-7,9H2,1H3,(H2,13,15). The van der Waals surface area contributed by atoms with Crippen molar-refractivity contribution in [2.24, 2.45) is 0 Å². The van der Waals surface area contributed by atoms with Gasteiger partial charge in [0, 0.05) is 23.7 Å². The minimum absolute atomic E-state index is 0.679. The Morgan fingerprint density at radius 1 is 1.53 bits per heavy atom. The van der Waals surface area contributed by atoms with Crippen LogP contribution in [0.1, 0.15) is 31.1 Å². The fraction of sp³-hybridized carbons (Fsp3) is 0.750.